The lowest BCUT2D eigenvalue weighted by Gasteiger charge is -2.37. The van der Waals surface area contributed by atoms with Gasteiger partial charge in [-0.05, 0) is 36.2 Å². The Hall–Kier alpha value is -2.68. The zero-order valence-corrected chi connectivity index (χ0v) is 18.1. The number of morpholine rings is 1. The van der Waals surface area contributed by atoms with Crippen LogP contribution in [0.3, 0.4) is 0 Å². The molecule has 2 N–H and O–H groups in total. The lowest BCUT2D eigenvalue weighted by molar-refractivity contribution is 0.00222. The molecule has 0 saturated carbocycles. The Bertz CT molecular complexity index is 885. The van der Waals surface area contributed by atoms with Crippen LogP contribution in [-0.4, -0.2) is 63.0 Å². The van der Waals surface area contributed by atoms with Gasteiger partial charge in [0.2, 0.25) is 0 Å². The van der Waals surface area contributed by atoms with E-state index in [2.05, 4.69) is 15.5 Å². The summed E-state index contributed by atoms with van der Waals surface area (Å²) in [6.45, 7) is 5.49. The van der Waals surface area contributed by atoms with E-state index in [4.69, 9.17) is 14.2 Å². The molecule has 0 aliphatic carbocycles. The molecule has 172 valence electrons. The van der Waals surface area contributed by atoms with Crippen molar-refractivity contribution in [2.45, 2.75) is 19.1 Å². The smallest absolute Gasteiger partial charge is 0.319 e. The molecule has 0 radical (unpaired) electrons. The second kappa shape index (κ2) is 11.3. The molecular weight excluding hydrogens is 413 g/mol. The quantitative estimate of drug-likeness (QED) is 0.655. The standard InChI is InChI=1S/C24H30FN3O4/c25-20-4-1-3-18(13-20)16-32-22-6-2-5-21(14-22)27-24(29)26-15-23(19-7-10-31-17-19)28-8-11-30-12-9-28/h1-6,13-14,19,23H,7-12,15-17H2,(H2,26,27,29)/t19-,23+/m0/s1. The van der Waals surface area contributed by atoms with Gasteiger partial charge in [-0.15, -0.1) is 0 Å². The highest BCUT2D eigenvalue weighted by Crippen LogP contribution is 2.22. The number of nitrogens with one attached hydrogen (secondary N) is 2. The van der Waals surface area contributed by atoms with Crippen molar-refractivity contribution < 1.29 is 23.4 Å². The van der Waals surface area contributed by atoms with Gasteiger partial charge in [0.05, 0.1) is 19.8 Å². The van der Waals surface area contributed by atoms with Crippen molar-refractivity contribution >= 4 is 11.7 Å². The fraction of sp³-hybridized carbons (Fsp3) is 0.458. The molecule has 2 amide bonds. The van der Waals surface area contributed by atoms with Crippen LogP contribution in [0.25, 0.3) is 0 Å². The Morgan fingerprint density at radius 1 is 1.12 bits per heavy atom. The van der Waals surface area contributed by atoms with Gasteiger partial charge in [0.25, 0.3) is 0 Å². The highest BCUT2D eigenvalue weighted by Gasteiger charge is 2.31. The Morgan fingerprint density at radius 2 is 1.97 bits per heavy atom. The van der Waals surface area contributed by atoms with E-state index in [1.54, 1.807) is 30.3 Å². The number of hydrogen-bond donors (Lipinski definition) is 2. The second-order valence-corrected chi connectivity index (χ2v) is 8.12. The third-order valence-corrected chi connectivity index (χ3v) is 5.88. The summed E-state index contributed by atoms with van der Waals surface area (Å²) in [7, 11) is 0. The number of halogens is 1. The summed E-state index contributed by atoms with van der Waals surface area (Å²) in [5.74, 6) is 0.715. The molecule has 2 aliphatic rings. The molecule has 4 rings (SSSR count). The van der Waals surface area contributed by atoms with Crippen LogP contribution in [0.15, 0.2) is 48.5 Å². The Labute approximate surface area is 187 Å². The predicted octanol–water partition coefficient (Wildman–Crippen LogP) is 3.26. The molecule has 2 aliphatic heterocycles. The summed E-state index contributed by atoms with van der Waals surface area (Å²) in [6, 6.07) is 13.4. The summed E-state index contributed by atoms with van der Waals surface area (Å²) in [5, 5.41) is 5.89. The first-order chi connectivity index (χ1) is 15.7. The molecular formula is C24H30FN3O4. The van der Waals surface area contributed by atoms with Crippen molar-refractivity contribution in [3.05, 3.63) is 59.9 Å². The number of carbonyl (C=O) groups is 1. The number of ether oxygens (including phenoxy) is 3. The van der Waals surface area contributed by atoms with Crippen LogP contribution in [0.2, 0.25) is 0 Å². The summed E-state index contributed by atoms with van der Waals surface area (Å²) in [4.78, 5) is 15.0. The molecule has 7 nitrogen and oxygen atoms in total. The first-order valence-electron chi connectivity index (χ1n) is 11.1. The van der Waals surface area contributed by atoms with Crippen LogP contribution >= 0.6 is 0 Å². The zero-order chi connectivity index (χ0) is 22.2. The van der Waals surface area contributed by atoms with Crippen molar-refractivity contribution in [3.63, 3.8) is 0 Å². The van der Waals surface area contributed by atoms with Gasteiger partial charge in [-0.25, -0.2) is 9.18 Å². The average molecular weight is 444 g/mol. The van der Waals surface area contributed by atoms with Gasteiger partial charge in [0.15, 0.2) is 0 Å². The van der Waals surface area contributed by atoms with Crippen molar-refractivity contribution in [2.24, 2.45) is 5.92 Å². The fourth-order valence-electron chi connectivity index (χ4n) is 4.19. The first kappa shape index (κ1) is 22.5. The van der Waals surface area contributed by atoms with E-state index in [-0.39, 0.29) is 24.5 Å². The van der Waals surface area contributed by atoms with Gasteiger partial charge in [0, 0.05) is 50.0 Å². The van der Waals surface area contributed by atoms with E-state index in [0.717, 1.165) is 51.5 Å². The average Bonchev–Trinajstić information content (AvgIpc) is 3.34. The largest absolute Gasteiger partial charge is 0.489 e. The van der Waals surface area contributed by atoms with E-state index in [1.807, 2.05) is 6.07 Å². The molecule has 0 spiro atoms. The maximum Gasteiger partial charge on any atom is 0.319 e. The predicted molar refractivity (Wildman–Crippen MR) is 119 cm³/mol. The number of anilines is 1. The van der Waals surface area contributed by atoms with E-state index < -0.39 is 0 Å². The lowest BCUT2D eigenvalue weighted by Crippen LogP contribution is -2.52. The van der Waals surface area contributed by atoms with E-state index in [9.17, 15) is 9.18 Å². The van der Waals surface area contributed by atoms with E-state index in [0.29, 0.717) is 23.9 Å². The van der Waals surface area contributed by atoms with Crippen LogP contribution in [0.5, 0.6) is 5.75 Å². The van der Waals surface area contributed by atoms with Gasteiger partial charge in [-0.3, -0.25) is 4.90 Å². The van der Waals surface area contributed by atoms with Gasteiger partial charge in [-0.1, -0.05) is 18.2 Å². The second-order valence-electron chi connectivity index (χ2n) is 8.12. The molecule has 2 heterocycles. The Morgan fingerprint density at radius 3 is 2.75 bits per heavy atom. The minimum atomic E-state index is -0.294. The zero-order valence-electron chi connectivity index (χ0n) is 18.1. The SMILES string of the molecule is O=C(NC[C@H]([C@H]1CCOC1)N1CCOCC1)Nc1cccc(OCc2cccc(F)c2)c1. The van der Waals surface area contributed by atoms with Crippen molar-refractivity contribution in [1.29, 1.82) is 0 Å². The van der Waals surface area contributed by atoms with Crippen LogP contribution in [-0.2, 0) is 16.1 Å². The Kier molecular flexibility index (Phi) is 7.92. The first-order valence-corrected chi connectivity index (χ1v) is 11.1. The minimum Gasteiger partial charge on any atom is -0.489 e. The molecule has 0 bridgehead atoms. The van der Waals surface area contributed by atoms with E-state index >= 15 is 0 Å². The lowest BCUT2D eigenvalue weighted by atomic mass is 9.97. The molecule has 32 heavy (non-hydrogen) atoms. The van der Waals surface area contributed by atoms with Crippen LogP contribution in [0, 0.1) is 11.7 Å². The molecule has 2 fully saturated rings. The van der Waals surface area contributed by atoms with Crippen LogP contribution in [0.4, 0.5) is 14.9 Å². The molecule has 0 aromatic heterocycles. The molecule has 2 saturated heterocycles. The number of amides is 2. The molecule has 2 atom stereocenters. The number of carbonyl (C=O) groups excluding carboxylic acids is 1. The molecule has 2 aromatic carbocycles. The maximum atomic E-state index is 13.3. The number of rotatable bonds is 8. The molecule has 0 unspecified atom stereocenters. The highest BCUT2D eigenvalue weighted by molar-refractivity contribution is 5.89. The van der Waals surface area contributed by atoms with Crippen LogP contribution in [0.1, 0.15) is 12.0 Å². The third-order valence-electron chi connectivity index (χ3n) is 5.88. The monoisotopic (exact) mass is 443 g/mol. The van der Waals surface area contributed by atoms with Crippen LogP contribution < -0.4 is 15.4 Å². The van der Waals surface area contributed by atoms with Gasteiger partial charge < -0.3 is 24.8 Å². The minimum absolute atomic E-state index is 0.230. The maximum absolute atomic E-state index is 13.3. The summed E-state index contributed by atoms with van der Waals surface area (Å²) < 4.78 is 30.1. The van der Waals surface area contributed by atoms with Gasteiger partial charge in [0.1, 0.15) is 18.2 Å². The number of hydrogen-bond acceptors (Lipinski definition) is 5. The normalized spacial score (nSPS) is 20.0. The number of urea groups is 1. The third kappa shape index (κ3) is 6.41. The van der Waals surface area contributed by atoms with Crippen molar-refractivity contribution in [2.75, 3.05) is 51.4 Å². The van der Waals surface area contributed by atoms with Crippen molar-refractivity contribution in [3.8, 4) is 5.75 Å². The highest BCUT2D eigenvalue weighted by atomic mass is 19.1. The summed E-state index contributed by atoms with van der Waals surface area (Å²) in [6.07, 6.45) is 1.01. The summed E-state index contributed by atoms with van der Waals surface area (Å²) in [5.41, 5.74) is 1.37. The fourth-order valence-corrected chi connectivity index (χ4v) is 4.19. The van der Waals surface area contributed by atoms with Crippen molar-refractivity contribution in [1.82, 2.24) is 10.2 Å². The molecule has 8 heteroatoms. The number of benzene rings is 2. The van der Waals surface area contributed by atoms with Gasteiger partial charge >= 0.3 is 6.03 Å². The Balaban J connectivity index is 1.29. The van der Waals surface area contributed by atoms with E-state index in [1.165, 1.54) is 12.1 Å². The number of nitrogens with zero attached hydrogens (tertiary/aromatic N) is 1. The summed E-state index contributed by atoms with van der Waals surface area (Å²) >= 11 is 0. The molecule has 2 aromatic rings. The topological polar surface area (TPSA) is 72.1 Å². The van der Waals surface area contributed by atoms with Gasteiger partial charge in [-0.2, -0.15) is 0 Å².